The van der Waals surface area contributed by atoms with Crippen molar-refractivity contribution in [2.75, 3.05) is 39.6 Å². The maximum absolute atomic E-state index is 5.16. The molecule has 0 bridgehead atoms. The van der Waals surface area contributed by atoms with Gasteiger partial charge in [-0.3, -0.25) is 5.11 Å². The van der Waals surface area contributed by atoms with Crippen molar-refractivity contribution < 1.29 is 38.2 Å². The third-order valence-corrected chi connectivity index (χ3v) is 12.7. The van der Waals surface area contributed by atoms with Gasteiger partial charge in [0, 0.05) is 61.9 Å². The van der Waals surface area contributed by atoms with Gasteiger partial charge in [0.1, 0.15) is 5.69 Å². The molecule has 9 rings (SSSR count). The fourth-order valence-electron chi connectivity index (χ4n) is 10.2. The number of benzene rings is 6. The van der Waals surface area contributed by atoms with Crippen LogP contribution in [0.25, 0.3) is 49.9 Å². The number of rotatable bonds is 7. The summed E-state index contributed by atoms with van der Waals surface area (Å²) in [5.41, 5.74) is 31.2. The second-order valence-corrected chi connectivity index (χ2v) is 18.8. The average Bonchev–Trinajstić information content (AvgIpc) is 4.10. The molecule has 0 spiro atoms. The van der Waals surface area contributed by atoms with Crippen LogP contribution < -0.4 is 24.0 Å². The topological polar surface area (TPSA) is 68.1 Å². The number of hydrogen-bond donors (Lipinski definition) is 1. The monoisotopic (exact) mass is 893 g/mol. The minimum atomic E-state index is 0. The van der Waals surface area contributed by atoms with E-state index in [1.807, 2.05) is 0 Å². The van der Waals surface area contributed by atoms with Crippen LogP contribution in [-0.2, 0) is 14.2 Å². The molecule has 67 heavy (non-hydrogen) atoms. The van der Waals surface area contributed by atoms with E-state index in [1.165, 1.54) is 128 Å². The molecule has 6 nitrogen and oxygen atoms in total. The molecule has 0 aromatic heterocycles. The van der Waals surface area contributed by atoms with Crippen molar-refractivity contribution in [3.05, 3.63) is 157 Å². The van der Waals surface area contributed by atoms with Gasteiger partial charge < -0.3 is 14.2 Å². The summed E-state index contributed by atoms with van der Waals surface area (Å²) in [5.74, 6) is 0. The van der Waals surface area contributed by atoms with Crippen molar-refractivity contribution in [2.24, 2.45) is 5.22 Å². The largest absolute Gasteiger partial charge is 1.00 e. The predicted octanol–water partition coefficient (Wildman–Crippen LogP) is 12.2. The van der Waals surface area contributed by atoms with Gasteiger partial charge in [-0.25, -0.2) is 0 Å². The molecule has 0 unspecified atom stereocenters. The molecule has 0 amide bonds. The Kier molecular flexibility index (Phi) is 20.3. The second-order valence-electron chi connectivity index (χ2n) is 18.8. The van der Waals surface area contributed by atoms with Crippen LogP contribution in [0, 0.1) is 83.1 Å². The van der Waals surface area contributed by atoms with Crippen molar-refractivity contribution in [3.8, 4) is 44.5 Å². The summed E-state index contributed by atoms with van der Waals surface area (Å²) in [6.45, 7) is 32.3. The Hall–Kier alpha value is -4.80. The molecular formula is C60H75LiN3O3+. The van der Waals surface area contributed by atoms with Gasteiger partial charge >= 0.3 is 18.9 Å². The fraction of sp³-hybridized carbons (Fsp3) is 0.400. The minimum absolute atomic E-state index is 0. The first-order valence-corrected chi connectivity index (χ1v) is 24.2. The van der Waals surface area contributed by atoms with Crippen molar-refractivity contribution >= 4 is 11.4 Å². The van der Waals surface area contributed by atoms with E-state index in [-0.39, 0.29) is 18.9 Å². The van der Waals surface area contributed by atoms with E-state index in [0.29, 0.717) is 0 Å². The van der Waals surface area contributed by atoms with E-state index in [9.17, 15) is 0 Å². The van der Waals surface area contributed by atoms with Crippen LogP contribution >= 0.6 is 0 Å². The Balaban J connectivity index is 0.000000443. The van der Waals surface area contributed by atoms with E-state index in [4.69, 9.17) is 24.9 Å². The van der Waals surface area contributed by atoms with Crippen molar-refractivity contribution in [1.29, 1.82) is 0 Å². The molecule has 6 aromatic carbocycles. The Morgan fingerprint density at radius 2 is 0.612 bits per heavy atom. The van der Waals surface area contributed by atoms with Gasteiger partial charge in [0.05, 0.1) is 5.69 Å². The summed E-state index contributed by atoms with van der Waals surface area (Å²) in [7, 11) is 0. The predicted molar refractivity (Wildman–Crippen MR) is 278 cm³/mol. The first kappa shape index (κ1) is 53.2. The fourth-order valence-corrected chi connectivity index (χ4v) is 10.2. The molecule has 3 fully saturated rings. The molecule has 0 saturated carbocycles. The Bertz CT molecular complexity index is 2350. The van der Waals surface area contributed by atoms with Gasteiger partial charge in [-0.1, -0.05) is 112 Å². The van der Waals surface area contributed by atoms with E-state index in [2.05, 4.69) is 173 Å². The van der Waals surface area contributed by atoms with Gasteiger partial charge in [0.15, 0.2) is 0 Å². The molecule has 3 heterocycles. The molecule has 0 atom stereocenters. The van der Waals surface area contributed by atoms with Crippen LogP contribution in [0.3, 0.4) is 0 Å². The van der Waals surface area contributed by atoms with Gasteiger partial charge in [-0.2, -0.15) is 0 Å². The van der Waals surface area contributed by atoms with Crippen molar-refractivity contribution in [2.45, 2.75) is 122 Å². The quantitative estimate of drug-likeness (QED) is 0.0986. The van der Waals surface area contributed by atoms with Gasteiger partial charge in [0.2, 0.25) is 0 Å². The first-order valence-electron chi connectivity index (χ1n) is 24.2. The molecule has 348 valence electrons. The SMILES string of the molecule is C1CCOC1.C1CCOC1.C1CCOC1.Cc1cc(C)c(-c2cccc(-c3c(C)cc(C)cc3C)c2[N-]N=[NH+]c2c(-c3c(C)cc(C)cc3C)cccc2-c2c(C)cc(C)cc2C)c(C)c1.[Li+]. The van der Waals surface area contributed by atoms with Gasteiger partial charge in [-0.15, -0.1) is 5.43 Å². The summed E-state index contributed by atoms with van der Waals surface area (Å²) >= 11 is 0. The van der Waals surface area contributed by atoms with Crippen LogP contribution in [-0.4, -0.2) is 39.6 Å². The van der Waals surface area contributed by atoms with E-state index in [0.717, 1.165) is 73.3 Å². The summed E-state index contributed by atoms with van der Waals surface area (Å²) in [6, 6.07) is 31.3. The summed E-state index contributed by atoms with van der Waals surface area (Å²) < 4.78 is 14.8. The number of nitrogens with one attached hydrogen (secondary N) is 1. The number of para-hydroxylation sites is 1. The number of ether oxygens (including phenoxy) is 3. The Morgan fingerprint density at radius 3 is 0.851 bits per heavy atom. The molecule has 6 aromatic rings. The normalized spacial score (nSPS) is 14.1. The third kappa shape index (κ3) is 13.9. The van der Waals surface area contributed by atoms with Gasteiger partial charge in [0.25, 0.3) is 0 Å². The third-order valence-electron chi connectivity index (χ3n) is 12.7. The molecule has 0 radical (unpaired) electrons. The first-order chi connectivity index (χ1) is 31.7. The van der Waals surface area contributed by atoms with E-state index in [1.54, 1.807) is 0 Å². The Morgan fingerprint density at radius 1 is 0.373 bits per heavy atom. The summed E-state index contributed by atoms with van der Waals surface area (Å²) in [6.07, 6.45) is 7.67. The molecule has 7 heteroatoms. The van der Waals surface area contributed by atoms with Crippen molar-refractivity contribution in [1.82, 2.24) is 0 Å². The smallest absolute Gasteiger partial charge is 0.381 e. The van der Waals surface area contributed by atoms with Crippen LogP contribution in [0.4, 0.5) is 11.4 Å². The van der Waals surface area contributed by atoms with Crippen LogP contribution in [0.1, 0.15) is 105 Å². The average molecular weight is 893 g/mol. The number of aryl methyl sites for hydroxylation is 12. The molecule has 3 aliphatic rings. The molecule has 1 N–H and O–H groups in total. The zero-order chi connectivity index (χ0) is 47.3. The van der Waals surface area contributed by atoms with Crippen molar-refractivity contribution in [3.63, 3.8) is 0 Å². The van der Waals surface area contributed by atoms with E-state index >= 15 is 0 Å². The number of nitrogens with zero attached hydrogens (tertiary/aromatic N) is 2. The maximum atomic E-state index is 5.16. The van der Waals surface area contributed by atoms with Crippen LogP contribution in [0.15, 0.2) is 90.2 Å². The number of hydrogen-bond acceptors (Lipinski definition) is 4. The molecular weight excluding hydrogens is 818 g/mol. The standard InChI is InChI=1S/C48H50N3.3C4H8O.Li/c1-27-19-31(5)43(32(6)20-27)39-15-13-16-40(44-33(7)21-28(2)22-34(44)8)47(39)49-51-50-48-41(45-35(9)23-29(3)24-36(45)10)17-14-18-42(48)46-37(11)25-30(4)26-38(46)12;3*1-2-4-5-3-1;/h13-26H,1-12H3;3*1-4H2;/q-1;;;;+1/p+1. The molecule has 3 saturated heterocycles. The second kappa shape index (κ2) is 25.5. The van der Waals surface area contributed by atoms with Crippen LogP contribution in [0.2, 0.25) is 0 Å². The minimum Gasteiger partial charge on any atom is -0.381 e. The van der Waals surface area contributed by atoms with Crippen LogP contribution in [0.5, 0.6) is 0 Å². The summed E-state index contributed by atoms with van der Waals surface area (Å²) in [5, 5.41) is 8.50. The Labute approximate surface area is 415 Å². The van der Waals surface area contributed by atoms with Gasteiger partial charge in [-0.05, 0) is 188 Å². The molecule has 3 aliphatic heterocycles. The molecule has 0 aliphatic carbocycles. The summed E-state index contributed by atoms with van der Waals surface area (Å²) in [4.78, 5) is 0. The van der Waals surface area contributed by atoms with E-state index < -0.39 is 0 Å². The zero-order valence-electron chi connectivity index (χ0n) is 43.2. The zero-order valence-corrected chi connectivity index (χ0v) is 43.2. The maximum Gasteiger partial charge on any atom is 1.00 e.